The van der Waals surface area contributed by atoms with Gasteiger partial charge in [-0.1, -0.05) is 30.3 Å². The molecule has 154 valence electrons. The number of benzene rings is 3. The van der Waals surface area contributed by atoms with Gasteiger partial charge in [0.05, 0.1) is 26.2 Å². The summed E-state index contributed by atoms with van der Waals surface area (Å²) in [6.45, 7) is 1.67. The van der Waals surface area contributed by atoms with E-state index in [-0.39, 0.29) is 12.3 Å². The van der Waals surface area contributed by atoms with E-state index in [4.69, 9.17) is 9.47 Å². The highest BCUT2D eigenvalue weighted by atomic mass is 16.5. The van der Waals surface area contributed by atoms with Crippen molar-refractivity contribution in [2.75, 3.05) is 19.5 Å². The molecule has 0 radical (unpaired) electrons. The van der Waals surface area contributed by atoms with Gasteiger partial charge in [0, 0.05) is 17.5 Å². The summed E-state index contributed by atoms with van der Waals surface area (Å²) in [6.07, 6.45) is 0.0485. The second-order valence-electron chi connectivity index (χ2n) is 6.64. The molecule has 0 aromatic heterocycles. The van der Waals surface area contributed by atoms with Gasteiger partial charge in [0.1, 0.15) is 11.5 Å². The fourth-order valence-electron chi connectivity index (χ4n) is 2.94. The number of amides is 2. The molecular formula is C23H23N3O4. The number of hydrogen-bond acceptors (Lipinski definition) is 5. The van der Waals surface area contributed by atoms with Crippen molar-refractivity contribution in [1.82, 2.24) is 5.43 Å². The number of ether oxygens (including phenoxy) is 2. The lowest BCUT2D eigenvalue weighted by Crippen LogP contribution is -2.22. The molecule has 0 aliphatic carbocycles. The van der Waals surface area contributed by atoms with Crippen LogP contribution in [0.2, 0.25) is 0 Å². The van der Waals surface area contributed by atoms with Crippen molar-refractivity contribution in [1.29, 1.82) is 0 Å². The van der Waals surface area contributed by atoms with Crippen molar-refractivity contribution in [3.05, 3.63) is 66.2 Å². The van der Waals surface area contributed by atoms with E-state index in [0.717, 1.165) is 10.8 Å². The third-order valence-electron chi connectivity index (χ3n) is 4.45. The minimum absolute atomic E-state index is 0.0485. The molecule has 7 nitrogen and oxygen atoms in total. The Morgan fingerprint density at radius 2 is 1.70 bits per heavy atom. The molecule has 0 saturated carbocycles. The van der Waals surface area contributed by atoms with E-state index in [1.165, 1.54) is 14.2 Å². The van der Waals surface area contributed by atoms with Crippen LogP contribution >= 0.6 is 0 Å². The van der Waals surface area contributed by atoms with E-state index in [0.29, 0.717) is 28.5 Å². The molecule has 0 atom stereocenters. The molecule has 0 aliphatic heterocycles. The summed E-state index contributed by atoms with van der Waals surface area (Å²) in [5.41, 5.74) is 3.94. The monoisotopic (exact) mass is 405 g/mol. The lowest BCUT2D eigenvalue weighted by Gasteiger charge is -2.09. The van der Waals surface area contributed by atoms with Gasteiger partial charge in [-0.15, -0.1) is 0 Å². The molecular weight excluding hydrogens is 382 g/mol. The van der Waals surface area contributed by atoms with Gasteiger partial charge in [0.25, 0.3) is 5.91 Å². The summed E-state index contributed by atoms with van der Waals surface area (Å²) < 4.78 is 10.3. The van der Waals surface area contributed by atoms with Crippen LogP contribution in [0.25, 0.3) is 10.8 Å². The van der Waals surface area contributed by atoms with Crippen molar-refractivity contribution in [3.63, 3.8) is 0 Å². The molecule has 3 aromatic rings. The van der Waals surface area contributed by atoms with Gasteiger partial charge in [-0.25, -0.2) is 5.43 Å². The number of methoxy groups -OCH3 is 2. The molecule has 0 bridgehead atoms. The van der Waals surface area contributed by atoms with E-state index in [9.17, 15) is 9.59 Å². The van der Waals surface area contributed by atoms with E-state index in [1.807, 2.05) is 42.5 Å². The summed E-state index contributed by atoms with van der Waals surface area (Å²) in [6, 6.07) is 18.5. The number of nitrogens with zero attached hydrogens (tertiary/aromatic N) is 1. The Kier molecular flexibility index (Phi) is 6.64. The van der Waals surface area contributed by atoms with Crippen LogP contribution in [0.5, 0.6) is 11.5 Å². The zero-order chi connectivity index (χ0) is 21.5. The molecule has 0 spiro atoms. The predicted molar refractivity (Wildman–Crippen MR) is 117 cm³/mol. The largest absolute Gasteiger partial charge is 0.497 e. The fraction of sp³-hybridized carbons (Fsp3) is 0.174. The number of hydrazone groups is 1. The van der Waals surface area contributed by atoms with Gasteiger partial charge in [-0.3, -0.25) is 9.59 Å². The van der Waals surface area contributed by atoms with Gasteiger partial charge >= 0.3 is 0 Å². The second-order valence-corrected chi connectivity index (χ2v) is 6.64. The molecule has 30 heavy (non-hydrogen) atoms. The first-order valence-corrected chi connectivity index (χ1v) is 9.34. The zero-order valence-corrected chi connectivity index (χ0v) is 17.1. The molecule has 3 aromatic carbocycles. The van der Waals surface area contributed by atoms with Crippen LogP contribution in [-0.2, 0) is 4.79 Å². The highest BCUT2D eigenvalue weighted by Crippen LogP contribution is 2.24. The lowest BCUT2D eigenvalue weighted by atomic mass is 10.1. The molecule has 0 aliphatic rings. The Balaban J connectivity index is 1.60. The topological polar surface area (TPSA) is 89.0 Å². The van der Waals surface area contributed by atoms with Gasteiger partial charge in [-0.2, -0.15) is 5.10 Å². The first-order valence-electron chi connectivity index (χ1n) is 9.34. The molecule has 2 amide bonds. The maximum absolute atomic E-state index is 12.4. The summed E-state index contributed by atoms with van der Waals surface area (Å²) >= 11 is 0. The maximum atomic E-state index is 12.4. The van der Waals surface area contributed by atoms with Crippen LogP contribution in [0.4, 0.5) is 5.69 Å². The fourth-order valence-corrected chi connectivity index (χ4v) is 2.94. The Hall–Kier alpha value is -3.87. The maximum Gasteiger partial charge on any atom is 0.275 e. The summed E-state index contributed by atoms with van der Waals surface area (Å²) in [5.74, 6) is 0.286. The van der Waals surface area contributed by atoms with Crippen LogP contribution in [0.15, 0.2) is 65.8 Å². The molecule has 0 fully saturated rings. The molecule has 0 saturated heterocycles. The average Bonchev–Trinajstić information content (AvgIpc) is 2.76. The highest BCUT2D eigenvalue weighted by molar-refractivity contribution is 6.06. The van der Waals surface area contributed by atoms with Crippen molar-refractivity contribution in [2.45, 2.75) is 13.3 Å². The van der Waals surface area contributed by atoms with E-state index < -0.39 is 5.91 Å². The number of nitrogens with one attached hydrogen (secondary N) is 2. The van der Waals surface area contributed by atoms with Gasteiger partial charge in [-0.05, 0) is 42.0 Å². The quantitative estimate of drug-likeness (QED) is 0.459. The Morgan fingerprint density at radius 1 is 0.933 bits per heavy atom. The lowest BCUT2D eigenvalue weighted by molar-refractivity contribution is -0.115. The van der Waals surface area contributed by atoms with E-state index in [2.05, 4.69) is 15.8 Å². The number of carbonyl (C=O) groups excluding carboxylic acids is 2. The third-order valence-corrected chi connectivity index (χ3v) is 4.45. The van der Waals surface area contributed by atoms with E-state index in [1.54, 1.807) is 25.1 Å². The number of carbonyl (C=O) groups is 2. The normalized spacial score (nSPS) is 11.1. The highest BCUT2D eigenvalue weighted by Gasteiger charge is 2.13. The van der Waals surface area contributed by atoms with Crippen molar-refractivity contribution >= 4 is 34.0 Å². The first-order chi connectivity index (χ1) is 14.5. The second kappa shape index (κ2) is 9.56. The number of hydrogen-bond donors (Lipinski definition) is 2. The van der Waals surface area contributed by atoms with E-state index >= 15 is 0 Å². The van der Waals surface area contributed by atoms with Crippen molar-refractivity contribution in [2.24, 2.45) is 5.10 Å². The number of anilines is 1. The predicted octanol–water partition coefficient (Wildman–Crippen LogP) is 3.99. The standard InChI is InChI=1S/C23H23N3O4/c1-15(25-26-23(28)20-11-10-19(29-2)14-21(20)30-3)12-22(27)24-18-9-8-16-6-4-5-7-17(16)13-18/h4-11,13-14H,12H2,1-3H3,(H,24,27)(H,26,28). The summed E-state index contributed by atoms with van der Waals surface area (Å²) in [5, 5.41) is 9.01. The molecule has 2 N–H and O–H groups in total. The molecule has 0 unspecified atom stereocenters. The van der Waals surface area contributed by atoms with Crippen LogP contribution in [-0.4, -0.2) is 31.7 Å². The number of fused-ring (bicyclic) bond motifs is 1. The third kappa shape index (κ3) is 5.14. The molecule has 3 rings (SSSR count). The van der Waals surface area contributed by atoms with Gasteiger partial charge in [0.15, 0.2) is 0 Å². The van der Waals surface area contributed by atoms with Crippen LogP contribution in [0.1, 0.15) is 23.7 Å². The Morgan fingerprint density at radius 3 is 2.43 bits per heavy atom. The van der Waals surface area contributed by atoms with Crippen molar-refractivity contribution < 1.29 is 19.1 Å². The van der Waals surface area contributed by atoms with Crippen LogP contribution < -0.4 is 20.2 Å². The Labute approximate surface area is 174 Å². The Bertz CT molecular complexity index is 1110. The van der Waals surface area contributed by atoms with Crippen molar-refractivity contribution in [3.8, 4) is 11.5 Å². The summed E-state index contributed by atoms with van der Waals surface area (Å²) in [7, 11) is 3.00. The van der Waals surface area contributed by atoms with Gasteiger partial charge < -0.3 is 14.8 Å². The van der Waals surface area contributed by atoms with Crippen LogP contribution in [0, 0.1) is 0 Å². The minimum Gasteiger partial charge on any atom is -0.497 e. The average molecular weight is 405 g/mol. The minimum atomic E-state index is -0.441. The molecule has 0 heterocycles. The summed E-state index contributed by atoms with van der Waals surface area (Å²) in [4.78, 5) is 24.7. The smallest absolute Gasteiger partial charge is 0.275 e. The zero-order valence-electron chi connectivity index (χ0n) is 17.1. The molecule has 7 heteroatoms. The van der Waals surface area contributed by atoms with Crippen LogP contribution in [0.3, 0.4) is 0 Å². The number of rotatable bonds is 7. The van der Waals surface area contributed by atoms with Gasteiger partial charge in [0.2, 0.25) is 5.91 Å². The first kappa shape index (κ1) is 20.9. The SMILES string of the molecule is COc1ccc(C(=O)NN=C(C)CC(=O)Nc2ccc3ccccc3c2)c(OC)c1.